The molecule has 1 aliphatic rings. The third-order valence-corrected chi connectivity index (χ3v) is 5.69. The predicted octanol–water partition coefficient (Wildman–Crippen LogP) is 3.29. The van der Waals surface area contributed by atoms with Crippen LogP contribution in [0, 0.1) is 10.1 Å². The minimum absolute atomic E-state index is 0.318. The summed E-state index contributed by atoms with van der Waals surface area (Å²) >= 11 is 0. The molecule has 7 heteroatoms. The average Bonchev–Trinajstić information content (AvgIpc) is 2.73. The van der Waals surface area contributed by atoms with Crippen LogP contribution in [0.1, 0.15) is 19.8 Å². The van der Waals surface area contributed by atoms with Gasteiger partial charge in [0.2, 0.25) is 12.0 Å². The third-order valence-electron chi connectivity index (χ3n) is 5.69. The van der Waals surface area contributed by atoms with E-state index in [1.807, 2.05) is 29.2 Å². The monoisotopic (exact) mass is 378 g/mol. The molecular formula is C21H22N4O3. The van der Waals surface area contributed by atoms with Crippen LogP contribution >= 0.6 is 0 Å². The lowest BCUT2D eigenvalue weighted by Gasteiger charge is -2.38. The summed E-state index contributed by atoms with van der Waals surface area (Å²) in [5, 5.41) is 24.0. The molecule has 1 aromatic heterocycles. The molecule has 7 nitrogen and oxygen atoms in total. The number of anilines is 1. The van der Waals surface area contributed by atoms with E-state index in [2.05, 4.69) is 29.2 Å². The normalized spacial score (nSPS) is 17.4. The van der Waals surface area contributed by atoms with Crippen molar-refractivity contribution in [3.05, 3.63) is 64.8 Å². The molecule has 28 heavy (non-hydrogen) atoms. The zero-order chi connectivity index (χ0) is 19.7. The molecule has 0 spiro atoms. The van der Waals surface area contributed by atoms with Crippen LogP contribution in [-0.4, -0.2) is 44.7 Å². The first kappa shape index (κ1) is 18.3. The van der Waals surface area contributed by atoms with E-state index in [1.165, 1.54) is 12.3 Å². The maximum Gasteiger partial charge on any atom is 0.238 e. The number of piperidine rings is 1. The molecule has 0 saturated carbocycles. The van der Waals surface area contributed by atoms with Crippen molar-refractivity contribution in [2.75, 3.05) is 18.0 Å². The van der Waals surface area contributed by atoms with Gasteiger partial charge in [-0.25, -0.2) is 9.97 Å². The van der Waals surface area contributed by atoms with Crippen LogP contribution in [0.25, 0.3) is 22.0 Å². The number of rotatable bonds is 4. The summed E-state index contributed by atoms with van der Waals surface area (Å²) in [6.45, 7) is 2.43. The van der Waals surface area contributed by atoms with Crippen LogP contribution in [0.3, 0.4) is 0 Å². The molecule has 0 bridgehead atoms. The lowest BCUT2D eigenvalue weighted by atomic mass is 9.85. The Bertz CT molecular complexity index is 1020. The van der Waals surface area contributed by atoms with E-state index in [1.54, 1.807) is 6.20 Å². The van der Waals surface area contributed by atoms with Crippen LogP contribution in [0.15, 0.2) is 54.7 Å². The Hall–Kier alpha value is -3.06. The van der Waals surface area contributed by atoms with Gasteiger partial charge in [-0.15, -0.1) is 0 Å². The van der Waals surface area contributed by atoms with Gasteiger partial charge in [0.15, 0.2) is 0 Å². The average molecular weight is 378 g/mol. The highest BCUT2D eigenvalue weighted by Crippen LogP contribution is 2.30. The summed E-state index contributed by atoms with van der Waals surface area (Å²) in [4.78, 5) is 21.7. The smallest absolute Gasteiger partial charge is 0.238 e. The van der Waals surface area contributed by atoms with Crippen molar-refractivity contribution in [2.24, 2.45) is 0 Å². The maximum absolute atomic E-state index is 11.1. The fourth-order valence-corrected chi connectivity index (χ4v) is 3.72. The highest BCUT2D eigenvalue weighted by molar-refractivity contribution is 5.86. The highest BCUT2D eigenvalue weighted by atomic mass is 16.6. The predicted molar refractivity (Wildman–Crippen MR) is 108 cm³/mol. The Labute approximate surface area is 162 Å². The summed E-state index contributed by atoms with van der Waals surface area (Å²) < 4.78 is 0. The second-order valence-corrected chi connectivity index (χ2v) is 7.36. The lowest BCUT2D eigenvalue weighted by molar-refractivity contribution is -0.542. The number of aromatic nitrogens is 2. The first-order valence-corrected chi connectivity index (χ1v) is 9.39. The summed E-state index contributed by atoms with van der Waals surface area (Å²) in [5.74, 6) is 0.585. The van der Waals surface area contributed by atoms with E-state index in [0.717, 1.165) is 16.6 Å². The Morgan fingerprint density at radius 3 is 2.57 bits per heavy atom. The molecule has 4 rings (SSSR count). The van der Waals surface area contributed by atoms with Gasteiger partial charge >= 0.3 is 0 Å². The van der Waals surface area contributed by atoms with Crippen molar-refractivity contribution in [2.45, 2.75) is 31.4 Å². The van der Waals surface area contributed by atoms with Crippen molar-refractivity contribution in [3.8, 4) is 11.3 Å². The van der Waals surface area contributed by atoms with Gasteiger partial charge in [-0.2, -0.15) is 0 Å². The van der Waals surface area contributed by atoms with Crippen molar-refractivity contribution in [1.82, 2.24) is 9.97 Å². The van der Waals surface area contributed by atoms with E-state index in [9.17, 15) is 15.2 Å². The van der Waals surface area contributed by atoms with Gasteiger partial charge in [0.05, 0.1) is 5.69 Å². The van der Waals surface area contributed by atoms with Crippen LogP contribution in [-0.2, 0) is 0 Å². The first-order chi connectivity index (χ1) is 13.5. The molecule has 0 radical (unpaired) electrons. The molecule has 3 aromatic rings. The van der Waals surface area contributed by atoms with Crippen molar-refractivity contribution in [1.29, 1.82) is 0 Å². The minimum atomic E-state index is -1.28. The molecule has 1 unspecified atom stereocenters. The molecule has 1 N–H and O–H groups in total. The SMILES string of the molecule is CC([N+](=O)[O-])C1(O)CCN(c2nccc(-c3ccc4ccccc4c3)n2)CC1. The van der Waals surface area contributed by atoms with E-state index < -0.39 is 16.6 Å². The lowest BCUT2D eigenvalue weighted by Crippen LogP contribution is -2.53. The summed E-state index contributed by atoms with van der Waals surface area (Å²) in [6, 6.07) is 15.3. The largest absolute Gasteiger partial charge is 0.383 e. The number of hydrogen-bond acceptors (Lipinski definition) is 6. The van der Waals surface area contributed by atoms with Gasteiger partial charge in [0, 0.05) is 49.5 Å². The fraction of sp³-hybridized carbons (Fsp3) is 0.333. The van der Waals surface area contributed by atoms with Crippen LogP contribution in [0.5, 0.6) is 0 Å². The van der Waals surface area contributed by atoms with Crippen LogP contribution < -0.4 is 4.90 Å². The topological polar surface area (TPSA) is 92.4 Å². The number of hydrogen-bond donors (Lipinski definition) is 1. The molecule has 1 saturated heterocycles. The second-order valence-electron chi connectivity index (χ2n) is 7.36. The highest BCUT2D eigenvalue weighted by Gasteiger charge is 2.44. The molecule has 1 fully saturated rings. The molecule has 144 valence electrons. The molecule has 2 heterocycles. The van der Waals surface area contributed by atoms with E-state index in [-0.39, 0.29) is 0 Å². The van der Waals surface area contributed by atoms with Crippen molar-refractivity contribution < 1.29 is 10.0 Å². The summed E-state index contributed by atoms with van der Waals surface area (Å²) in [7, 11) is 0. The Morgan fingerprint density at radius 1 is 1.14 bits per heavy atom. The number of fused-ring (bicyclic) bond motifs is 1. The van der Waals surface area contributed by atoms with E-state index >= 15 is 0 Å². The van der Waals surface area contributed by atoms with Crippen LogP contribution in [0.2, 0.25) is 0 Å². The molecule has 0 aliphatic carbocycles. The second kappa shape index (κ2) is 7.16. The maximum atomic E-state index is 11.1. The molecule has 2 aromatic carbocycles. The molecule has 0 amide bonds. The Balaban J connectivity index is 1.55. The zero-order valence-electron chi connectivity index (χ0n) is 15.7. The number of nitro groups is 1. The quantitative estimate of drug-likeness (QED) is 0.553. The minimum Gasteiger partial charge on any atom is -0.383 e. The van der Waals surface area contributed by atoms with E-state index in [0.29, 0.717) is 31.9 Å². The molecule has 1 aliphatic heterocycles. The number of benzene rings is 2. The van der Waals surface area contributed by atoms with Gasteiger partial charge in [0.25, 0.3) is 0 Å². The van der Waals surface area contributed by atoms with E-state index in [4.69, 9.17) is 4.98 Å². The Kier molecular flexibility index (Phi) is 4.68. The fourth-order valence-electron chi connectivity index (χ4n) is 3.72. The Morgan fingerprint density at radius 2 is 1.86 bits per heavy atom. The number of aliphatic hydroxyl groups is 1. The number of nitrogens with zero attached hydrogens (tertiary/aromatic N) is 4. The van der Waals surface area contributed by atoms with Gasteiger partial charge in [-0.05, 0) is 22.9 Å². The van der Waals surface area contributed by atoms with Gasteiger partial charge in [-0.1, -0.05) is 36.4 Å². The zero-order valence-corrected chi connectivity index (χ0v) is 15.7. The van der Waals surface area contributed by atoms with Gasteiger partial charge in [0.1, 0.15) is 5.60 Å². The standard InChI is InChI=1S/C21H22N4O3/c1-15(25(27)28)21(26)9-12-24(13-10-21)20-22-11-8-19(23-20)18-7-6-16-4-2-3-5-17(16)14-18/h2-8,11,14-15,26H,9-10,12-13H2,1H3. The van der Waals surface area contributed by atoms with Crippen molar-refractivity contribution in [3.63, 3.8) is 0 Å². The molecule has 1 atom stereocenters. The summed E-state index contributed by atoms with van der Waals surface area (Å²) in [5.41, 5.74) is 0.559. The van der Waals surface area contributed by atoms with Gasteiger partial charge in [-0.3, -0.25) is 10.1 Å². The van der Waals surface area contributed by atoms with Gasteiger partial charge < -0.3 is 10.0 Å². The first-order valence-electron chi connectivity index (χ1n) is 9.39. The van der Waals surface area contributed by atoms with Crippen LogP contribution in [0.4, 0.5) is 5.95 Å². The van der Waals surface area contributed by atoms with Crippen molar-refractivity contribution >= 4 is 16.7 Å². The summed E-state index contributed by atoms with van der Waals surface area (Å²) in [6.07, 6.45) is 2.37. The third kappa shape index (κ3) is 3.41. The molecular weight excluding hydrogens is 356 g/mol.